The zero-order chi connectivity index (χ0) is 13.1. The zero-order valence-corrected chi connectivity index (χ0v) is 11.1. The first-order chi connectivity index (χ1) is 8.60. The highest BCUT2D eigenvalue weighted by atomic mass is 32.1. The van der Waals surface area contributed by atoms with E-state index < -0.39 is 0 Å². The molecule has 2 rings (SSSR count). The zero-order valence-electron chi connectivity index (χ0n) is 10.3. The number of nitrogens with zero attached hydrogens (tertiary/aromatic N) is 3. The molecular formula is C11H14N4O2S. The SMILES string of the molecule is Cc1nc(NC(=O)N2CCOC(C)C2)sc1C#N. The highest BCUT2D eigenvalue weighted by Gasteiger charge is 2.22. The summed E-state index contributed by atoms with van der Waals surface area (Å²) in [7, 11) is 0. The molecule has 6 nitrogen and oxygen atoms in total. The number of aromatic nitrogens is 1. The lowest BCUT2D eigenvalue weighted by Gasteiger charge is -2.30. The average Bonchev–Trinajstić information content (AvgIpc) is 2.69. The van der Waals surface area contributed by atoms with E-state index in [0.29, 0.717) is 35.4 Å². The van der Waals surface area contributed by atoms with Crippen LogP contribution in [-0.2, 0) is 4.74 Å². The number of amides is 2. The summed E-state index contributed by atoms with van der Waals surface area (Å²) >= 11 is 1.19. The van der Waals surface area contributed by atoms with Gasteiger partial charge in [-0.15, -0.1) is 0 Å². The molecule has 2 heterocycles. The molecule has 0 aromatic carbocycles. The molecule has 1 fully saturated rings. The molecule has 0 radical (unpaired) electrons. The molecule has 0 saturated carbocycles. The summed E-state index contributed by atoms with van der Waals surface area (Å²) in [5.74, 6) is 0. The summed E-state index contributed by atoms with van der Waals surface area (Å²) in [6.07, 6.45) is 0.0530. The number of urea groups is 1. The number of carbonyl (C=O) groups is 1. The number of morpholine rings is 1. The van der Waals surface area contributed by atoms with Gasteiger partial charge in [0, 0.05) is 13.1 Å². The maximum absolute atomic E-state index is 12.0. The van der Waals surface area contributed by atoms with E-state index in [9.17, 15) is 4.79 Å². The van der Waals surface area contributed by atoms with E-state index in [1.54, 1.807) is 11.8 Å². The van der Waals surface area contributed by atoms with E-state index in [4.69, 9.17) is 10.00 Å². The summed E-state index contributed by atoms with van der Waals surface area (Å²) in [6, 6.07) is 1.86. The number of nitriles is 1. The molecule has 0 aliphatic carbocycles. The van der Waals surface area contributed by atoms with Gasteiger partial charge in [0.2, 0.25) is 0 Å². The molecule has 1 aliphatic heterocycles. The number of carbonyl (C=O) groups excluding carboxylic acids is 1. The smallest absolute Gasteiger partial charge is 0.323 e. The van der Waals surface area contributed by atoms with E-state index in [-0.39, 0.29) is 12.1 Å². The van der Waals surface area contributed by atoms with Crippen LogP contribution in [0.25, 0.3) is 0 Å². The van der Waals surface area contributed by atoms with Crippen LogP contribution in [0.3, 0.4) is 0 Å². The minimum atomic E-state index is -0.191. The topological polar surface area (TPSA) is 78.2 Å². The molecule has 1 aliphatic rings. The van der Waals surface area contributed by atoms with Gasteiger partial charge in [-0.05, 0) is 13.8 Å². The first-order valence-corrected chi connectivity index (χ1v) is 6.47. The van der Waals surface area contributed by atoms with E-state index in [0.717, 1.165) is 0 Å². The van der Waals surface area contributed by atoms with Gasteiger partial charge in [-0.25, -0.2) is 9.78 Å². The summed E-state index contributed by atoms with van der Waals surface area (Å²) < 4.78 is 5.37. The van der Waals surface area contributed by atoms with Crippen molar-refractivity contribution < 1.29 is 9.53 Å². The lowest BCUT2D eigenvalue weighted by Crippen LogP contribution is -2.46. The molecule has 1 N–H and O–H groups in total. The number of hydrogen-bond donors (Lipinski definition) is 1. The number of ether oxygens (including phenoxy) is 1. The monoisotopic (exact) mass is 266 g/mol. The molecule has 0 bridgehead atoms. The quantitative estimate of drug-likeness (QED) is 0.837. The van der Waals surface area contributed by atoms with Gasteiger partial charge in [-0.2, -0.15) is 5.26 Å². The molecule has 0 spiro atoms. The second kappa shape index (κ2) is 5.33. The molecule has 1 atom stereocenters. The summed E-state index contributed by atoms with van der Waals surface area (Å²) in [5.41, 5.74) is 0.646. The van der Waals surface area contributed by atoms with Crippen LogP contribution in [0.15, 0.2) is 0 Å². The van der Waals surface area contributed by atoms with Crippen molar-refractivity contribution in [1.29, 1.82) is 5.26 Å². The van der Waals surface area contributed by atoms with Gasteiger partial charge < -0.3 is 9.64 Å². The maximum Gasteiger partial charge on any atom is 0.323 e. The largest absolute Gasteiger partial charge is 0.375 e. The summed E-state index contributed by atoms with van der Waals surface area (Å²) in [4.78, 5) is 18.3. The van der Waals surface area contributed by atoms with Crippen LogP contribution >= 0.6 is 11.3 Å². The highest BCUT2D eigenvalue weighted by Crippen LogP contribution is 2.21. The van der Waals surface area contributed by atoms with E-state index in [2.05, 4.69) is 10.3 Å². The van der Waals surface area contributed by atoms with Crippen LogP contribution in [0.2, 0.25) is 0 Å². The molecule has 18 heavy (non-hydrogen) atoms. The molecule has 1 aromatic heterocycles. The van der Waals surface area contributed by atoms with Crippen molar-refractivity contribution in [3.63, 3.8) is 0 Å². The predicted octanol–water partition coefficient (Wildman–Crippen LogP) is 1.58. The van der Waals surface area contributed by atoms with Gasteiger partial charge in [-0.3, -0.25) is 5.32 Å². The van der Waals surface area contributed by atoms with Gasteiger partial charge in [0.25, 0.3) is 0 Å². The first kappa shape index (κ1) is 12.8. The fourth-order valence-electron chi connectivity index (χ4n) is 1.73. The Bertz CT molecular complexity index is 494. The molecule has 1 aromatic rings. The van der Waals surface area contributed by atoms with E-state index in [1.807, 2.05) is 13.0 Å². The fourth-order valence-corrected chi connectivity index (χ4v) is 2.48. The van der Waals surface area contributed by atoms with Crippen LogP contribution in [0.5, 0.6) is 0 Å². The van der Waals surface area contributed by atoms with Gasteiger partial charge in [-0.1, -0.05) is 11.3 Å². The Labute approximate surface area is 109 Å². The van der Waals surface area contributed by atoms with Crippen molar-refractivity contribution in [1.82, 2.24) is 9.88 Å². The van der Waals surface area contributed by atoms with Crippen LogP contribution in [0, 0.1) is 18.3 Å². The number of thiazole rings is 1. The summed E-state index contributed by atoms with van der Waals surface area (Å²) in [5, 5.41) is 12.0. The van der Waals surface area contributed by atoms with Crippen LogP contribution in [-0.4, -0.2) is 41.7 Å². The first-order valence-electron chi connectivity index (χ1n) is 5.65. The Hall–Kier alpha value is -1.65. The molecular weight excluding hydrogens is 252 g/mol. The third-order valence-corrected chi connectivity index (χ3v) is 3.62. The molecule has 1 saturated heterocycles. The number of nitrogens with one attached hydrogen (secondary N) is 1. The van der Waals surface area contributed by atoms with Gasteiger partial charge in [0.15, 0.2) is 5.13 Å². The third-order valence-electron chi connectivity index (χ3n) is 2.64. The Balaban J connectivity index is 2.00. The van der Waals surface area contributed by atoms with Crippen molar-refractivity contribution in [2.45, 2.75) is 20.0 Å². The second-order valence-corrected chi connectivity index (χ2v) is 5.10. The third kappa shape index (κ3) is 2.78. The van der Waals surface area contributed by atoms with Crippen molar-refractivity contribution in [2.24, 2.45) is 0 Å². The Morgan fingerprint density at radius 3 is 3.11 bits per heavy atom. The van der Waals surface area contributed by atoms with Crippen molar-refractivity contribution in [3.05, 3.63) is 10.6 Å². The normalized spacial score (nSPS) is 19.4. The summed E-state index contributed by atoms with van der Waals surface area (Å²) in [6.45, 7) is 5.38. The molecule has 2 amide bonds. The Morgan fingerprint density at radius 2 is 2.50 bits per heavy atom. The van der Waals surface area contributed by atoms with Crippen LogP contribution in [0.1, 0.15) is 17.5 Å². The second-order valence-electron chi connectivity index (χ2n) is 4.10. The highest BCUT2D eigenvalue weighted by molar-refractivity contribution is 7.16. The number of anilines is 1. The Morgan fingerprint density at radius 1 is 1.72 bits per heavy atom. The van der Waals surface area contributed by atoms with Crippen LogP contribution < -0.4 is 5.32 Å². The van der Waals surface area contributed by atoms with Crippen molar-refractivity contribution in [2.75, 3.05) is 25.0 Å². The predicted molar refractivity (Wildman–Crippen MR) is 67.6 cm³/mol. The fraction of sp³-hybridized carbons (Fsp3) is 0.545. The minimum Gasteiger partial charge on any atom is -0.375 e. The standard InChI is InChI=1S/C11H14N4O2S/c1-7-6-15(3-4-17-7)11(16)14-10-13-8(2)9(5-12)18-10/h7H,3-4,6H2,1-2H3,(H,13,14,16). The van der Waals surface area contributed by atoms with Gasteiger partial charge in [0.1, 0.15) is 10.9 Å². The lowest BCUT2D eigenvalue weighted by molar-refractivity contribution is -0.00138. The van der Waals surface area contributed by atoms with Crippen molar-refractivity contribution in [3.8, 4) is 6.07 Å². The average molecular weight is 266 g/mol. The maximum atomic E-state index is 12.0. The number of rotatable bonds is 1. The lowest BCUT2D eigenvalue weighted by atomic mass is 10.3. The number of aryl methyl sites for hydroxylation is 1. The molecule has 7 heteroatoms. The van der Waals surface area contributed by atoms with Crippen molar-refractivity contribution >= 4 is 22.5 Å². The molecule has 96 valence electrons. The molecule has 1 unspecified atom stereocenters. The minimum absolute atomic E-state index is 0.0530. The Kier molecular flexibility index (Phi) is 3.79. The van der Waals surface area contributed by atoms with Gasteiger partial charge >= 0.3 is 6.03 Å². The number of hydrogen-bond acceptors (Lipinski definition) is 5. The van der Waals surface area contributed by atoms with Crippen LogP contribution in [0.4, 0.5) is 9.93 Å². The van der Waals surface area contributed by atoms with Gasteiger partial charge in [0.05, 0.1) is 18.4 Å². The van der Waals surface area contributed by atoms with E-state index >= 15 is 0 Å². The van der Waals surface area contributed by atoms with E-state index in [1.165, 1.54) is 11.3 Å².